The molecule has 0 saturated carbocycles. The largest absolute Gasteiger partial charge is 0.192 e. The average Bonchev–Trinajstić information content (AvgIpc) is 3.47. The molecule has 2 nitrogen and oxygen atoms in total. The molecule has 0 amide bonds. The fourth-order valence-corrected chi connectivity index (χ4v) is 8.46. The minimum absolute atomic E-state index is 0.721. The average molecular weight is 587 g/mol. The summed E-state index contributed by atoms with van der Waals surface area (Å²) >= 11 is 1.81. The second-order valence-corrected chi connectivity index (χ2v) is 12.5. The van der Waals surface area contributed by atoms with Crippen molar-refractivity contribution in [3.05, 3.63) is 145 Å². The highest BCUT2D eigenvalue weighted by Gasteiger charge is 2.20. The lowest BCUT2D eigenvalue weighted by Gasteiger charge is -2.15. The van der Waals surface area contributed by atoms with Crippen molar-refractivity contribution < 1.29 is 0 Å². The number of thiophene rings is 1. The highest BCUT2D eigenvalue weighted by atomic mass is 32.1. The van der Waals surface area contributed by atoms with Gasteiger partial charge in [-0.25, -0.2) is 0 Å². The van der Waals surface area contributed by atoms with E-state index in [9.17, 15) is 10.5 Å². The Bertz CT molecular complexity index is 2680. The van der Waals surface area contributed by atoms with Gasteiger partial charge in [0.15, 0.2) is 0 Å². The molecule has 0 bridgehead atoms. The van der Waals surface area contributed by atoms with Crippen molar-refractivity contribution in [2.75, 3.05) is 0 Å². The molecule has 45 heavy (non-hydrogen) atoms. The lowest BCUT2D eigenvalue weighted by molar-refractivity contribution is 1.51. The standard InChI is InChI=1S/C42H22N2S/c43-23-36-26-10-1-5-14-30(26)40(31-15-6-2-11-27(31)36)25-20-21-34-39(22-25)45-38-19-9-18-35(42(34)38)41-32-16-7-3-12-28(32)37(24-44)29-13-4-8-17-33(29)41/h1-22H. The second-order valence-electron chi connectivity index (χ2n) is 11.4. The van der Waals surface area contributed by atoms with Crippen LogP contribution >= 0.6 is 11.3 Å². The van der Waals surface area contributed by atoms with Crippen molar-refractivity contribution in [2.24, 2.45) is 0 Å². The molecule has 0 radical (unpaired) electrons. The molecule has 0 fully saturated rings. The van der Waals surface area contributed by atoms with Crippen LogP contribution in [0.4, 0.5) is 0 Å². The molecule has 0 saturated heterocycles. The number of hydrogen-bond donors (Lipinski definition) is 0. The monoisotopic (exact) mass is 586 g/mol. The van der Waals surface area contributed by atoms with Crippen molar-refractivity contribution in [1.82, 2.24) is 0 Å². The van der Waals surface area contributed by atoms with Crippen molar-refractivity contribution in [3.63, 3.8) is 0 Å². The molecule has 0 spiro atoms. The fraction of sp³-hybridized carbons (Fsp3) is 0. The number of hydrogen-bond acceptors (Lipinski definition) is 3. The van der Waals surface area contributed by atoms with Gasteiger partial charge in [-0.2, -0.15) is 10.5 Å². The molecule has 9 rings (SSSR count). The zero-order chi connectivity index (χ0) is 30.1. The van der Waals surface area contributed by atoms with Crippen LogP contribution in [0.2, 0.25) is 0 Å². The topological polar surface area (TPSA) is 47.6 Å². The van der Waals surface area contributed by atoms with Crippen LogP contribution in [-0.4, -0.2) is 0 Å². The summed E-state index contributed by atoms with van der Waals surface area (Å²) in [5.41, 5.74) is 6.08. The van der Waals surface area contributed by atoms with Gasteiger partial charge in [0.25, 0.3) is 0 Å². The molecule has 0 aliphatic rings. The van der Waals surface area contributed by atoms with Crippen LogP contribution in [-0.2, 0) is 0 Å². The number of rotatable bonds is 2. The molecule has 0 N–H and O–H groups in total. The molecule has 0 unspecified atom stereocenters. The van der Waals surface area contributed by atoms with Gasteiger partial charge in [0.05, 0.1) is 11.1 Å². The molecule has 0 aliphatic carbocycles. The van der Waals surface area contributed by atoms with E-state index in [1.54, 1.807) is 0 Å². The summed E-state index contributed by atoms with van der Waals surface area (Å²) in [6.45, 7) is 0. The van der Waals surface area contributed by atoms with E-state index >= 15 is 0 Å². The van der Waals surface area contributed by atoms with E-state index in [-0.39, 0.29) is 0 Å². The summed E-state index contributed by atoms with van der Waals surface area (Å²) in [6, 6.07) is 51.4. The van der Waals surface area contributed by atoms with E-state index in [4.69, 9.17) is 0 Å². The van der Waals surface area contributed by atoms with E-state index in [0.717, 1.165) is 65.3 Å². The van der Waals surface area contributed by atoms with E-state index in [1.807, 2.05) is 35.6 Å². The highest BCUT2D eigenvalue weighted by molar-refractivity contribution is 7.26. The van der Waals surface area contributed by atoms with Crippen molar-refractivity contribution in [1.29, 1.82) is 10.5 Å². The van der Waals surface area contributed by atoms with Gasteiger partial charge in [0, 0.05) is 41.7 Å². The molecule has 1 heterocycles. The van der Waals surface area contributed by atoms with Crippen molar-refractivity contribution in [3.8, 4) is 34.4 Å². The molecule has 1 aromatic heterocycles. The molecular formula is C42H22N2S. The van der Waals surface area contributed by atoms with Crippen LogP contribution in [0.3, 0.4) is 0 Å². The molecule has 206 valence electrons. The van der Waals surface area contributed by atoms with E-state index < -0.39 is 0 Å². The smallest absolute Gasteiger partial charge is 0.100 e. The molecule has 9 aromatic rings. The summed E-state index contributed by atoms with van der Waals surface area (Å²) in [7, 11) is 0. The van der Waals surface area contributed by atoms with E-state index in [2.05, 4.69) is 121 Å². The minimum atomic E-state index is 0.721. The first-order valence-electron chi connectivity index (χ1n) is 14.9. The Kier molecular flexibility index (Phi) is 5.53. The van der Waals surface area contributed by atoms with Gasteiger partial charge >= 0.3 is 0 Å². The maximum atomic E-state index is 10.2. The van der Waals surface area contributed by atoms with E-state index in [1.165, 1.54) is 31.3 Å². The molecule has 8 aromatic carbocycles. The summed E-state index contributed by atoms with van der Waals surface area (Å²) in [5.74, 6) is 0. The zero-order valence-corrected chi connectivity index (χ0v) is 24.8. The SMILES string of the molecule is N#Cc1c2ccccc2c(-c2ccc3c(c2)sc2cccc(-c4c5ccccc5c(C#N)c5ccccc45)c23)c2ccccc12. The van der Waals surface area contributed by atoms with Gasteiger partial charge in [0.2, 0.25) is 0 Å². The summed E-state index contributed by atoms with van der Waals surface area (Å²) in [6.07, 6.45) is 0. The first-order valence-corrected chi connectivity index (χ1v) is 15.7. The summed E-state index contributed by atoms with van der Waals surface area (Å²) in [5, 5.41) is 31.0. The van der Waals surface area contributed by atoms with Gasteiger partial charge in [-0.05, 0) is 55.9 Å². The van der Waals surface area contributed by atoms with Crippen LogP contribution in [0.5, 0.6) is 0 Å². The van der Waals surface area contributed by atoms with Gasteiger partial charge in [-0.1, -0.05) is 121 Å². The van der Waals surface area contributed by atoms with Gasteiger partial charge in [-0.3, -0.25) is 0 Å². The Morgan fingerprint density at radius 2 is 0.867 bits per heavy atom. The van der Waals surface area contributed by atoms with Crippen LogP contribution in [0.1, 0.15) is 11.1 Å². The Hall–Kier alpha value is -6.00. The van der Waals surface area contributed by atoms with Crippen LogP contribution in [0.15, 0.2) is 133 Å². The maximum Gasteiger partial charge on any atom is 0.100 e. The molecular weight excluding hydrogens is 565 g/mol. The summed E-state index contributed by atoms with van der Waals surface area (Å²) < 4.78 is 2.45. The van der Waals surface area contributed by atoms with Crippen LogP contribution in [0.25, 0.3) is 85.5 Å². The van der Waals surface area contributed by atoms with Crippen LogP contribution in [0, 0.1) is 22.7 Å². The van der Waals surface area contributed by atoms with Gasteiger partial charge in [-0.15, -0.1) is 11.3 Å². The normalized spacial score (nSPS) is 11.5. The van der Waals surface area contributed by atoms with Gasteiger partial charge in [0.1, 0.15) is 12.1 Å². The molecule has 0 atom stereocenters. The predicted octanol–water partition coefficient (Wildman–Crippen LogP) is 11.7. The predicted molar refractivity (Wildman–Crippen MR) is 190 cm³/mol. The Morgan fingerprint density at radius 3 is 1.36 bits per heavy atom. The van der Waals surface area contributed by atoms with E-state index in [0.29, 0.717) is 0 Å². The Balaban J connectivity index is 1.36. The third kappa shape index (κ3) is 3.60. The Morgan fingerprint density at radius 1 is 0.400 bits per heavy atom. The molecule has 3 heteroatoms. The Labute approximate surface area is 263 Å². The minimum Gasteiger partial charge on any atom is -0.192 e. The quantitative estimate of drug-likeness (QED) is 0.189. The van der Waals surface area contributed by atoms with Crippen molar-refractivity contribution in [2.45, 2.75) is 0 Å². The number of benzene rings is 8. The third-order valence-electron chi connectivity index (χ3n) is 9.14. The number of nitriles is 2. The number of nitrogens with zero attached hydrogens (tertiary/aromatic N) is 2. The zero-order valence-electron chi connectivity index (χ0n) is 24.0. The number of fused-ring (bicyclic) bond motifs is 7. The summed E-state index contributed by atoms with van der Waals surface area (Å²) in [4.78, 5) is 0. The first-order chi connectivity index (χ1) is 22.3. The second kappa shape index (κ2) is 9.76. The highest BCUT2D eigenvalue weighted by Crippen LogP contribution is 2.47. The lowest BCUT2D eigenvalue weighted by Crippen LogP contribution is -1.91. The third-order valence-corrected chi connectivity index (χ3v) is 10.3. The molecule has 0 aliphatic heterocycles. The maximum absolute atomic E-state index is 10.2. The van der Waals surface area contributed by atoms with Gasteiger partial charge < -0.3 is 0 Å². The van der Waals surface area contributed by atoms with Crippen LogP contribution < -0.4 is 0 Å². The first kappa shape index (κ1) is 25.5. The van der Waals surface area contributed by atoms with Crippen molar-refractivity contribution >= 4 is 74.6 Å². The fourth-order valence-electron chi connectivity index (χ4n) is 7.29. The lowest BCUT2D eigenvalue weighted by atomic mass is 9.87.